The average Bonchev–Trinajstić information content (AvgIpc) is 2.58. The van der Waals surface area contributed by atoms with E-state index in [9.17, 15) is 9.59 Å². The fourth-order valence-corrected chi connectivity index (χ4v) is 2.38. The topological polar surface area (TPSA) is 67.9 Å². The van der Waals surface area contributed by atoms with Crippen molar-refractivity contribution in [1.29, 1.82) is 0 Å². The molecule has 0 radical (unpaired) electrons. The van der Waals surface area contributed by atoms with Gasteiger partial charge >= 0.3 is 0 Å². The van der Waals surface area contributed by atoms with Gasteiger partial charge < -0.3 is 19.7 Å². The number of rotatable bonds is 3. The van der Waals surface area contributed by atoms with E-state index in [-0.39, 0.29) is 18.4 Å². The van der Waals surface area contributed by atoms with Crippen LogP contribution in [0.4, 0.5) is 11.4 Å². The van der Waals surface area contributed by atoms with Crippen molar-refractivity contribution in [2.24, 2.45) is 0 Å². The first kappa shape index (κ1) is 14.9. The Bertz CT molecular complexity index is 773. The van der Waals surface area contributed by atoms with Crippen molar-refractivity contribution in [3.8, 4) is 11.5 Å². The average molecular weight is 312 g/mol. The highest BCUT2D eigenvalue weighted by molar-refractivity contribution is 6.07. The van der Waals surface area contributed by atoms with Gasteiger partial charge in [-0.05, 0) is 30.3 Å². The van der Waals surface area contributed by atoms with Gasteiger partial charge in [-0.15, -0.1) is 0 Å². The molecule has 1 heterocycles. The molecule has 1 N–H and O–H groups in total. The van der Waals surface area contributed by atoms with Crippen LogP contribution in [0.3, 0.4) is 0 Å². The predicted octanol–water partition coefficient (Wildman–Crippen LogP) is 2.30. The summed E-state index contributed by atoms with van der Waals surface area (Å²) in [5, 5.41) is 2.81. The molecule has 1 aliphatic heterocycles. The molecule has 2 aromatic carbocycles. The molecule has 118 valence electrons. The van der Waals surface area contributed by atoms with E-state index in [1.54, 1.807) is 49.5 Å². The van der Waals surface area contributed by atoms with Gasteiger partial charge in [-0.3, -0.25) is 9.59 Å². The van der Waals surface area contributed by atoms with Crippen LogP contribution in [0.1, 0.15) is 10.4 Å². The molecule has 2 aromatic rings. The van der Waals surface area contributed by atoms with Crippen LogP contribution >= 0.6 is 0 Å². The number of nitrogens with one attached hydrogen (secondary N) is 1. The zero-order valence-corrected chi connectivity index (χ0v) is 12.8. The molecular formula is C17H16N2O4. The fraction of sp³-hybridized carbons (Fsp3) is 0.176. The molecule has 0 aliphatic carbocycles. The van der Waals surface area contributed by atoms with Crippen LogP contribution < -0.4 is 19.7 Å². The van der Waals surface area contributed by atoms with Crippen molar-refractivity contribution in [1.82, 2.24) is 0 Å². The van der Waals surface area contributed by atoms with Crippen molar-refractivity contribution in [2.45, 2.75) is 0 Å². The Hall–Kier alpha value is -3.02. The number of ether oxygens (including phenoxy) is 2. The van der Waals surface area contributed by atoms with E-state index in [1.165, 1.54) is 12.0 Å². The summed E-state index contributed by atoms with van der Waals surface area (Å²) in [6.07, 6.45) is 0. The molecule has 0 saturated heterocycles. The number of carbonyl (C=O) groups excluding carboxylic acids is 2. The van der Waals surface area contributed by atoms with Crippen LogP contribution in [-0.2, 0) is 4.79 Å². The SMILES string of the molecule is COc1ccccc1C(=O)Nc1ccc2c(c1)N(C)C(=O)CO2. The summed E-state index contributed by atoms with van der Waals surface area (Å²) in [7, 11) is 3.19. The van der Waals surface area contributed by atoms with Crippen LogP contribution in [0.2, 0.25) is 0 Å². The van der Waals surface area contributed by atoms with Crippen LogP contribution in [0.15, 0.2) is 42.5 Å². The Morgan fingerprint density at radius 1 is 1.26 bits per heavy atom. The van der Waals surface area contributed by atoms with Crippen molar-refractivity contribution < 1.29 is 19.1 Å². The largest absolute Gasteiger partial charge is 0.496 e. The van der Waals surface area contributed by atoms with Crippen LogP contribution in [0.25, 0.3) is 0 Å². The molecule has 0 aromatic heterocycles. The molecule has 0 unspecified atom stereocenters. The minimum Gasteiger partial charge on any atom is -0.496 e. The maximum Gasteiger partial charge on any atom is 0.264 e. The van der Waals surface area contributed by atoms with E-state index < -0.39 is 0 Å². The van der Waals surface area contributed by atoms with E-state index >= 15 is 0 Å². The lowest BCUT2D eigenvalue weighted by Crippen LogP contribution is -2.35. The molecule has 3 rings (SSSR count). The molecule has 0 saturated carbocycles. The molecule has 23 heavy (non-hydrogen) atoms. The van der Waals surface area contributed by atoms with Gasteiger partial charge in [0.25, 0.3) is 11.8 Å². The second kappa shape index (κ2) is 6.00. The minimum absolute atomic E-state index is 0.0242. The Labute approximate surface area is 133 Å². The first-order chi connectivity index (χ1) is 11.1. The number of methoxy groups -OCH3 is 1. The molecule has 0 fully saturated rings. The van der Waals surface area contributed by atoms with Gasteiger partial charge in [-0.25, -0.2) is 0 Å². The summed E-state index contributed by atoms with van der Waals surface area (Å²) in [6.45, 7) is 0.0242. The number of para-hydroxylation sites is 1. The number of carbonyl (C=O) groups is 2. The summed E-state index contributed by atoms with van der Waals surface area (Å²) in [5.74, 6) is 0.694. The normalized spacial score (nSPS) is 13.1. The van der Waals surface area contributed by atoms with Gasteiger partial charge in [0.05, 0.1) is 18.4 Å². The Morgan fingerprint density at radius 2 is 2.04 bits per heavy atom. The van der Waals surface area contributed by atoms with E-state index in [4.69, 9.17) is 9.47 Å². The van der Waals surface area contributed by atoms with Gasteiger partial charge in [-0.1, -0.05) is 12.1 Å². The third-order valence-electron chi connectivity index (χ3n) is 3.66. The quantitative estimate of drug-likeness (QED) is 0.944. The van der Waals surface area contributed by atoms with Crippen molar-refractivity contribution in [2.75, 3.05) is 31.0 Å². The minimum atomic E-state index is -0.284. The summed E-state index contributed by atoms with van der Waals surface area (Å²) < 4.78 is 10.6. The Kier molecular flexibility index (Phi) is 3.89. The number of hydrogen-bond acceptors (Lipinski definition) is 4. The molecule has 0 spiro atoms. The van der Waals surface area contributed by atoms with E-state index in [2.05, 4.69) is 5.32 Å². The van der Waals surface area contributed by atoms with E-state index in [0.29, 0.717) is 28.4 Å². The molecular weight excluding hydrogens is 296 g/mol. The van der Waals surface area contributed by atoms with Gasteiger partial charge in [0, 0.05) is 12.7 Å². The Balaban J connectivity index is 1.86. The van der Waals surface area contributed by atoms with Crippen LogP contribution in [0, 0.1) is 0 Å². The monoisotopic (exact) mass is 312 g/mol. The Morgan fingerprint density at radius 3 is 2.83 bits per heavy atom. The number of anilines is 2. The number of likely N-dealkylation sites (N-methyl/N-ethyl adjacent to an activating group) is 1. The van der Waals surface area contributed by atoms with Crippen molar-refractivity contribution in [3.05, 3.63) is 48.0 Å². The molecule has 0 atom stereocenters. The second-order valence-corrected chi connectivity index (χ2v) is 5.08. The van der Waals surface area contributed by atoms with E-state index in [0.717, 1.165) is 0 Å². The van der Waals surface area contributed by atoms with Gasteiger partial charge in [0.15, 0.2) is 6.61 Å². The summed E-state index contributed by atoms with van der Waals surface area (Å²) in [5.41, 5.74) is 1.64. The number of amides is 2. The third kappa shape index (κ3) is 2.83. The summed E-state index contributed by atoms with van der Waals surface area (Å²) >= 11 is 0. The van der Waals surface area contributed by atoms with Gasteiger partial charge in [0.1, 0.15) is 11.5 Å². The standard InChI is InChI=1S/C17H16N2O4/c1-19-13-9-11(7-8-15(13)23-10-16(19)20)18-17(21)12-5-3-4-6-14(12)22-2/h3-9H,10H2,1-2H3,(H,18,21). The van der Waals surface area contributed by atoms with Crippen LogP contribution in [0.5, 0.6) is 11.5 Å². The zero-order valence-electron chi connectivity index (χ0n) is 12.8. The predicted molar refractivity (Wildman–Crippen MR) is 86.3 cm³/mol. The third-order valence-corrected chi connectivity index (χ3v) is 3.66. The maximum atomic E-state index is 12.4. The van der Waals surface area contributed by atoms with E-state index in [1.807, 2.05) is 0 Å². The lowest BCUT2D eigenvalue weighted by molar-refractivity contribution is -0.120. The second-order valence-electron chi connectivity index (χ2n) is 5.08. The van der Waals surface area contributed by atoms with Crippen molar-refractivity contribution >= 4 is 23.2 Å². The number of nitrogens with zero attached hydrogens (tertiary/aromatic N) is 1. The van der Waals surface area contributed by atoms with Gasteiger partial charge in [-0.2, -0.15) is 0 Å². The number of benzene rings is 2. The molecule has 1 aliphatic rings. The summed E-state index contributed by atoms with van der Waals surface area (Å²) in [6, 6.07) is 12.1. The first-order valence-corrected chi connectivity index (χ1v) is 7.08. The number of fused-ring (bicyclic) bond motifs is 1. The first-order valence-electron chi connectivity index (χ1n) is 7.08. The van der Waals surface area contributed by atoms with Crippen LogP contribution in [-0.4, -0.2) is 32.6 Å². The maximum absolute atomic E-state index is 12.4. The molecule has 0 bridgehead atoms. The molecule has 6 nitrogen and oxygen atoms in total. The molecule has 6 heteroatoms. The van der Waals surface area contributed by atoms with Crippen molar-refractivity contribution in [3.63, 3.8) is 0 Å². The highest BCUT2D eigenvalue weighted by atomic mass is 16.5. The smallest absolute Gasteiger partial charge is 0.264 e. The lowest BCUT2D eigenvalue weighted by Gasteiger charge is -2.26. The summed E-state index contributed by atoms with van der Waals surface area (Å²) in [4.78, 5) is 25.6. The fourth-order valence-electron chi connectivity index (χ4n) is 2.38. The lowest BCUT2D eigenvalue weighted by atomic mass is 10.1. The zero-order chi connectivity index (χ0) is 16.4. The highest BCUT2D eigenvalue weighted by Crippen LogP contribution is 2.33. The highest BCUT2D eigenvalue weighted by Gasteiger charge is 2.22. The van der Waals surface area contributed by atoms with Gasteiger partial charge in [0.2, 0.25) is 0 Å². The number of hydrogen-bond donors (Lipinski definition) is 1. The molecule has 2 amide bonds.